The normalized spacial score (nSPS) is 11.3. The Morgan fingerprint density at radius 1 is 1.47 bits per heavy atom. The number of halogens is 1. The zero-order chi connectivity index (χ0) is 13.1. The van der Waals surface area contributed by atoms with Gasteiger partial charge in [0, 0.05) is 0 Å². The number of nitrogens with one attached hydrogen (secondary N) is 1. The average Bonchev–Trinajstić information content (AvgIpc) is 2.28. The summed E-state index contributed by atoms with van der Waals surface area (Å²) in [4.78, 5) is 10.2. The van der Waals surface area contributed by atoms with Gasteiger partial charge in [-0.3, -0.25) is 10.1 Å². The second kappa shape index (κ2) is 5.31. The van der Waals surface area contributed by atoms with Crippen molar-refractivity contribution in [2.45, 2.75) is 12.5 Å². The smallest absolute Gasteiger partial charge is 0.310 e. The quantitative estimate of drug-likeness (QED) is 0.549. The van der Waals surface area contributed by atoms with Crippen molar-refractivity contribution in [3.8, 4) is 0 Å². The molecule has 0 aliphatic rings. The minimum atomic E-state index is -1.05. The predicted molar refractivity (Wildman–Crippen MR) is 64.3 cm³/mol. The van der Waals surface area contributed by atoms with Crippen LogP contribution in [0, 0.1) is 10.1 Å². The van der Waals surface area contributed by atoms with Crippen molar-refractivity contribution in [3.05, 3.63) is 33.3 Å². The molecule has 1 rings (SSSR count). The molecule has 1 aromatic carbocycles. The van der Waals surface area contributed by atoms with Crippen molar-refractivity contribution in [2.75, 3.05) is 18.5 Å². The Kier molecular flexibility index (Phi) is 4.28. The Labute approximate surface area is 103 Å². The van der Waals surface area contributed by atoms with Gasteiger partial charge in [-0.25, -0.2) is 0 Å². The highest BCUT2D eigenvalue weighted by molar-refractivity contribution is 6.33. The van der Waals surface area contributed by atoms with Crippen LogP contribution in [0.5, 0.6) is 0 Å². The van der Waals surface area contributed by atoms with Gasteiger partial charge in [-0.15, -0.1) is 0 Å². The topological polar surface area (TPSA) is 95.6 Å². The van der Waals surface area contributed by atoms with E-state index in [0.29, 0.717) is 0 Å². The van der Waals surface area contributed by atoms with Crippen LogP contribution in [0.15, 0.2) is 18.2 Å². The first kappa shape index (κ1) is 13.7. The lowest BCUT2D eigenvalue weighted by molar-refractivity contribution is -0.383. The summed E-state index contributed by atoms with van der Waals surface area (Å²) >= 11 is 5.73. The van der Waals surface area contributed by atoms with E-state index < -0.39 is 10.5 Å². The number of anilines is 1. The lowest BCUT2D eigenvalue weighted by Crippen LogP contribution is -2.42. The fraction of sp³-hybridized carbons (Fsp3) is 0.400. The van der Waals surface area contributed by atoms with Gasteiger partial charge in [0.05, 0.1) is 23.7 Å². The van der Waals surface area contributed by atoms with E-state index in [1.54, 1.807) is 6.07 Å². The maximum atomic E-state index is 10.9. The highest BCUT2D eigenvalue weighted by atomic mass is 35.5. The molecule has 0 fully saturated rings. The summed E-state index contributed by atoms with van der Waals surface area (Å²) in [5.41, 5.74) is -1.16. The first-order valence-electron chi connectivity index (χ1n) is 4.86. The van der Waals surface area contributed by atoms with Gasteiger partial charge >= 0.3 is 5.69 Å². The molecule has 0 radical (unpaired) electrons. The molecular weight excluding hydrogens is 248 g/mol. The van der Waals surface area contributed by atoms with E-state index in [9.17, 15) is 10.1 Å². The van der Waals surface area contributed by atoms with E-state index in [4.69, 9.17) is 21.8 Å². The summed E-state index contributed by atoms with van der Waals surface area (Å²) in [7, 11) is 0. The molecule has 0 aliphatic heterocycles. The van der Waals surface area contributed by atoms with Crippen LogP contribution in [0.25, 0.3) is 0 Å². The van der Waals surface area contributed by atoms with Gasteiger partial charge in [0.15, 0.2) is 0 Å². The van der Waals surface area contributed by atoms with Crippen molar-refractivity contribution in [3.63, 3.8) is 0 Å². The number of aliphatic hydroxyl groups excluding tert-OH is 2. The molecule has 0 aliphatic carbocycles. The molecule has 0 saturated carbocycles. The van der Waals surface area contributed by atoms with Gasteiger partial charge in [0.2, 0.25) is 0 Å². The number of nitro benzene ring substituents is 1. The van der Waals surface area contributed by atoms with Crippen molar-refractivity contribution in [1.82, 2.24) is 0 Å². The Hall–Kier alpha value is -1.37. The molecular formula is C10H13ClN2O4. The number of benzene rings is 1. The lowest BCUT2D eigenvalue weighted by atomic mass is 10.0. The van der Waals surface area contributed by atoms with E-state index in [2.05, 4.69) is 5.32 Å². The number of aliphatic hydroxyl groups is 2. The second-order valence-corrected chi connectivity index (χ2v) is 4.30. The molecule has 6 nitrogen and oxygen atoms in total. The highest BCUT2D eigenvalue weighted by Crippen LogP contribution is 2.33. The van der Waals surface area contributed by atoms with Gasteiger partial charge in [0.1, 0.15) is 10.7 Å². The Morgan fingerprint density at radius 2 is 2.06 bits per heavy atom. The van der Waals surface area contributed by atoms with Crippen molar-refractivity contribution in [2.24, 2.45) is 0 Å². The Balaban J connectivity index is 3.15. The minimum absolute atomic E-state index is 0.00164. The van der Waals surface area contributed by atoms with E-state index in [1.807, 2.05) is 0 Å². The minimum Gasteiger partial charge on any atom is -0.394 e. The van der Waals surface area contributed by atoms with E-state index in [1.165, 1.54) is 19.1 Å². The Bertz CT molecular complexity index is 421. The summed E-state index contributed by atoms with van der Waals surface area (Å²) in [6.45, 7) is 0.804. The third-order valence-electron chi connectivity index (χ3n) is 2.30. The molecule has 0 amide bonds. The van der Waals surface area contributed by atoms with Crippen molar-refractivity contribution < 1.29 is 15.1 Å². The first-order valence-corrected chi connectivity index (χ1v) is 5.24. The van der Waals surface area contributed by atoms with Crippen LogP contribution in [0.1, 0.15) is 6.92 Å². The van der Waals surface area contributed by atoms with Crippen LogP contribution < -0.4 is 5.32 Å². The Morgan fingerprint density at radius 3 is 2.53 bits per heavy atom. The first-order chi connectivity index (χ1) is 7.93. The summed E-state index contributed by atoms with van der Waals surface area (Å²) in [5, 5.41) is 31.8. The molecule has 0 heterocycles. The summed E-state index contributed by atoms with van der Waals surface area (Å²) in [5.74, 6) is 0. The fourth-order valence-electron chi connectivity index (χ4n) is 1.26. The summed E-state index contributed by atoms with van der Waals surface area (Å²) in [6, 6.07) is 4.42. The van der Waals surface area contributed by atoms with Gasteiger partial charge < -0.3 is 15.5 Å². The monoisotopic (exact) mass is 260 g/mol. The van der Waals surface area contributed by atoms with E-state index in [-0.39, 0.29) is 29.6 Å². The third-order valence-corrected chi connectivity index (χ3v) is 2.61. The van der Waals surface area contributed by atoms with Gasteiger partial charge in [-0.05, 0) is 19.1 Å². The molecule has 0 aromatic heterocycles. The second-order valence-electron chi connectivity index (χ2n) is 3.90. The molecule has 94 valence electrons. The van der Waals surface area contributed by atoms with Crippen LogP contribution in [-0.2, 0) is 0 Å². The molecule has 0 unspecified atom stereocenters. The largest absolute Gasteiger partial charge is 0.394 e. The molecule has 1 aromatic rings. The number of rotatable bonds is 5. The zero-order valence-corrected chi connectivity index (χ0v) is 9.94. The highest BCUT2D eigenvalue weighted by Gasteiger charge is 2.27. The lowest BCUT2D eigenvalue weighted by Gasteiger charge is -2.27. The maximum absolute atomic E-state index is 10.9. The maximum Gasteiger partial charge on any atom is 0.310 e. The summed E-state index contributed by atoms with van der Waals surface area (Å²) < 4.78 is 0. The molecule has 7 heteroatoms. The molecule has 0 atom stereocenters. The summed E-state index contributed by atoms with van der Waals surface area (Å²) in [6.07, 6.45) is 0. The van der Waals surface area contributed by atoms with Gasteiger partial charge in [-0.2, -0.15) is 0 Å². The van der Waals surface area contributed by atoms with Crippen molar-refractivity contribution in [1.29, 1.82) is 0 Å². The zero-order valence-electron chi connectivity index (χ0n) is 9.18. The van der Waals surface area contributed by atoms with Crippen molar-refractivity contribution >= 4 is 23.0 Å². The SMILES string of the molecule is CC(CO)(CO)Nc1cccc(Cl)c1[N+](=O)[O-]. The molecule has 17 heavy (non-hydrogen) atoms. The van der Waals surface area contributed by atoms with E-state index >= 15 is 0 Å². The number of hydrogen-bond donors (Lipinski definition) is 3. The van der Waals surface area contributed by atoms with Gasteiger partial charge in [0.25, 0.3) is 0 Å². The molecule has 3 N–H and O–H groups in total. The van der Waals surface area contributed by atoms with Crippen LogP contribution in [0.3, 0.4) is 0 Å². The van der Waals surface area contributed by atoms with Crippen LogP contribution in [0.2, 0.25) is 5.02 Å². The molecule has 0 spiro atoms. The van der Waals surface area contributed by atoms with E-state index in [0.717, 1.165) is 0 Å². The standard InChI is InChI=1S/C10H13ClN2O4/c1-10(5-14,6-15)12-8-4-2-3-7(11)9(8)13(16)17/h2-4,12,14-15H,5-6H2,1H3. The fourth-order valence-corrected chi connectivity index (χ4v) is 1.50. The number of nitrogens with zero attached hydrogens (tertiary/aromatic N) is 1. The van der Waals surface area contributed by atoms with Gasteiger partial charge in [-0.1, -0.05) is 17.7 Å². The number of para-hydroxylation sites is 1. The molecule has 0 bridgehead atoms. The third kappa shape index (κ3) is 3.06. The van der Waals surface area contributed by atoms with Crippen LogP contribution in [-0.4, -0.2) is 33.9 Å². The number of hydrogen-bond acceptors (Lipinski definition) is 5. The molecule has 0 saturated heterocycles. The van der Waals surface area contributed by atoms with Crippen LogP contribution >= 0.6 is 11.6 Å². The van der Waals surface area contributed by atoms with Crippen LogP contribution in [0.4, 0.5) is 11.4 Å². The average molecular weight is 261 g/mol. The predicted octanol–water partition coefficient (Wildman–Crippen LogP) is 1.40. The number of nitro groups is 1.